The van der Waals surface area contributed by atoms with E-state index in [9.17, 15) is 0 Å². The summed E-state index contributed by atoms with van der Waals surface area (Å²) in [4.78, 5) is 9.54. The van der Waals surface area contributed by atoms with Crippen LogP contribution in [0.4, 0.5) is 11.8 Å². The highest BCUT2D eigenvalue weighted by atomic mass is 16.5. The lowest BCUT2D eigenvalue weighted by Crippen LogP contribution is -2.19. The molecule has 8 heteroatoms. The fourth-order valence-corrected chi connectivity index (χ4v) is 4.28. The molecule has 0 saturated carbocycles. The van der Waals surface area contributed by atoms with Gasteiger partial charge in [0.25, 0.3) is 0 Å². The first-order valence-electron chi connectivity index (χ1n) is 11.7. The van der Waals surface area contributed by atoms with E-state index in [0.717, 1.165) is 36.4 Å². The van der Waals surface area contributed by atoms with Crippen molar-refractivity contribution in [2.75, 3.05) is 31.3 Å². The number of hydrogen-bond acceptors (Lipinski definition) is 7. The Hall–Kier alpha value is -3.65. The molecule has 2 aromatic carbocycles. The SMILES string of the molecule is COc1cccc(-c2nc(NCC3CCCO3)nc3nn(-c4ccc(C(C)C)cc4)c(N)c23)c1. The number of nitrogens with two attached hydrogens (primary N) is 1. The Morgan fingerprint density at radius 2 is 2.00 bits per heavy atom. The van der Waals surface area contributed by atoms with Gasteiger partial charge in [-0.05, 0) is 48.6 Å². The van der Waals surface area contributed by atoms with Crippen molar-refractivity contribution in [1.82, 2.24) is 19.7 Å². The molecule has 1 fully saturated rings. The van der Waals surface area contributed by atoms with E-state index in [-0.39, 0.29) is 6.10 Å². The van der Waals surface area contributed by atoms with Gasteiger partial charge in [0.15, 0.2) is 5.65 Å². The van der Waals surface area contributed by atoms with Crippen molar-refractivity contribution in [3.63, 3.8) is 0 Å². The number of fused-ring (bicyclic) bond motifs is 1. The second-order valence-electron chi connectivity index (χ2n) is 8.89. The van der Waals surface area contributed by atoms with Gasteiger partial charge in [-0.15, -0.1) is 5.10 Å². The highest BCUT2D eigenvalue weighted by molar-refractivity contribution is 5.99. The Bertz CT molecular complexity index is 1290. The van der Waals surface area contributed by atoms with Gasteiger partial charge >= 0.3 is 0 Å². The minimum absolute atomic E-state index is 0.168. The number of rotatable bonds is 7. The van der Waals surface area contributed by atoms with Crippen LogP contribution < -0.4 is 15.8 Å². The van der Waals surface area contributed by atoms with Crippen molar-refractivity contribution in [3.8, 4) is 22.7 Å². The Labute approximate surface area is 199 Å². The van der Waals surface area contributed by atoms with Crippen LogP contribution in [0.3, 0.4) is 0 Å². The quantitative estimate of drug-likeness (QED) is 0.411. The summed E-state index contributed by atoms with van der Waals surface area (Å²) in [6.45, 7) is 5.80. The molecule has 1 atom stereocenters. The molecule has 1 saturated heterocycles. The van der Waals surface area contributed by atoms with Crippen LogP contribution >= 0.6 is 0 Å². The topological polar surface area (TPSA) is 100 Å². The Morgan fingerprint density at radius 1 is 1.18 bits per heavy atom. The van der Waals surface area contributed by atoms with E-state index in [2.05, 4.69) is 31.3 Å². The number of methoxy groups -OCH3 is 1. The molecule has 4 aromatic rings. The van der Waals surface area contributed by atoms with E-state index in [1.54, 1.807) is 11.8 Å². The summed E-state index contributed by atoms with van der Waals surface area (Å²) >= 11 is 0. The molecular formula is C26H30N6O2. The fourth-order valence-electron chi connectivity index (χ4n) is 4.28. The second kappa shape index (κ2) is 9.30. The fraction of sp³-hybridized carbons (Fsp3) is 0.346. The van der Waals surface area contributed by atoms with Crippen LogP contribution in [0.2, 0.25) is 0 Å². The maximum Gasteiger partial charge on any atom is 0.225 e. The van der Waals surface area contributed by atoms with Gasteiger partial charge in [-0.1, -0.05) is 38.1 Å². The molecule has 2 aromatic heterocycles. The predicted molar refractivity (Wildman–Crippen MR) is 135 cm³/mol. The zero-order chi connectivity index (χ0) is 23.7. The van der Waals surface area contributed by atoms with Crippen LogP contribution in [0.5, 0.6) is 5.75 Å². The van der Waals surface area contributed by atoms with Gasteiger partial charge in [0, 0.05) is 18.7 Å². The monoisotopic (exact) mass is 458 g/mol. The van der Waals surface area contributed by atoms with Gasteiger partial charge in [-0.25, -0.2) is 9.67 Å². The van der Waals surface area contributed by atoms with Gasteiger partial charge in [0.2, 0.25) is 5.95 Å². The van der Waals surface area contributed by atoms with E-state index in [1.165, 1.54) is 5.56 Å². The number of nitrogens with one attached hydrogen (secondary N) is 1. The van der Waals surface area contributed by atoms with E-state index in [1.807, 2.05) is 36.4 Å². The molecule has 3 heterocycles. The molecule has 176 valence electrons. The largest absolute Gasteiger partial charge is 0.497 e. The summed E-state index contributed by atoms with van der Waals surface area (Å²) in [5.74, 6) is 2.19. The van der Waals surface area contributed by atoms with Crippen LogP contribution in [-0.4, -0.2) is 46.1 Å². The van der Waals surface area contributed by atoms with E-state index >= 15 is 0 Å². The average molecular weight is 459 g/mol. The van der Waals surface area contributed by atoms with Gasteiger partial charge in [0.05, 0.1) is 30.0 Å². The van der Waals surface area contributed by atoms with Crippen molar-refractivity contribution in [2.45, 2.75) is 38.7 Å². The lowest BCUT2D eigenvalue weighted by atomic mass is 10.0. The van der Waals surface area contributed by atoms with Gasteiger partial charge in [-0.2, -0.15) is 4.98 Å². The lowest BCUT2D eigenvalue weighted by molar-refractivity contribution is 0.120. The van der Waals surface area contributed by atoms with Crippen LogP contribution in [0.1, 0.15) is 38.2 Å². The summed E-state index contributed by atoms with van der Waals surface area (Å²) in [5.41, 5.74) is 10.9. The first-order valence-corrected chi connectivity index (χ1v) is 11.7. The molecular weight excluding hydrogens is 428 g/mol. The third-order valence-corrected chi connectivity index (χ3v) is 6.23. The number of nitrogen functional groups attached to an aromatic ring is 1. The molecule has 0 aliphatic carbocycles. The predicted octanol–water partition coefficient (Wildman–Crippen LogP) is 4.79. The zero-order valence-electron chi connectivity index (χ0n) is 19.8. The molecule has 1 aliphatic heterocycles. The lowest BCUT2D eigenvalue weighted by Gasteiger charge is -2.12. The molecule has 5 rings (SSSR count). The van der Waals surface area contributed by atoms with E-state index in [0.29, 0.717) is 41.0 Å². The van der Waals surface area contributed by atoms with Gasteiger partial charge in [-0.3, -0.25) is 0 Å². The first-order chi connectivity index (χ1) is 16.5. The number of anilines is 2. The van der Waals surface area contributed by atoms with Crippen molar-refractivity contribution in [3.05, 3.63) is 54.1 Å². The normalized spacial score (nSPS) is 15.8. The zero-order valence-corrected chi connectivity index (χ0v) is 19.8. The molecule has 34 heavy (non-hydrogen) atoms. The van der Waals surface area contributed by atoms with Crippen LogP contribution in [-0.2, 0) is 4.74 Å². The highest BCUT2D eigenvalue weighted by Crippen LogP contribution is 2.34. The summed E-state index contributed by atoms with van der Waals surface area (Å²) in [6, 6.07) is 16.1. The number of aromatic nitrogens is 4. The molecule has 1 aliphatic rings. The number of ether oxygens (including phenoxy) is 2. The minimum atomic E-state index is 0.168. The number of hydrogen-bond donors (Lipinski definition) is 2. The number of benzene rings is 2. The van der Waals surface area contributed by atoms with Crippen molar-refractivity contribution in [1.29, 1.82) is 0 Å². The average Bonchev–Trinajstić information content (AvgIpc) is 3.50. The third-order valence-electron chi connectivity index (χ3n) is 6.23. The van der Waals surface area contributed by atoms with E-state index in [4.69, 9.17) is 30.3 Å². The van der Waals surface area contributed by atoms with Gasteiger partial charge in [0.1, 0.15) is 11.6 Å². The van der Waals surface area contributed by atoms with Gasteiger partial charge < -0.3 is 20.5 Å². The standard InChI is InChI=1S/C26H30N6O2/c1-16(2)17-9-11-19(12-10-17)32-24(27)22-23(18-6-4-7-20(14-18)33-3)29-26(30-25(22)31-32)28-15-21-8-5-13-34-21/h4,6-7,9-12,14,16,21H,5,8,13,15,27H2,1-3H3,(H,28,30,31). The maximum absolute atomic E-state index is 6.65. The van der Waals surface area contributed by atoms with Crippen molar-refractivity contribution >= 4 is 22.8 Å². The third kappa shape index (κ3) is 4.28. The maximum atomic E-state index is 6.65. The highest BCUT2D eigenvalue weighted by Gasteiger charge is 2.21. The van der Waals surface area contributed by atoms with Crippen molar-refractivity contribution < 1.29 is 9.47 Å². The molecule has 1 unspecified atom stereocenters. The summed E-state index contributed by atoms with van der Waals surface area (Å²) in [6.07, 6.45) is 2.28. The molecule has 0 radical (unpaired) electrons. The smallest absolute Gasteiger partial charge is 0.225 e. The number of nitrogens with zero attached hydrogens (tertiary/aromatic N) is 4. The molecule has 0 bridgehead atoms. The second-order valence-corrected chi connectivity index (χ2v) is 8.89. The molecule has 8 nitrogen and oxygen atoms in total. The van der Waals surface area contributed by atoms with Crippen molar-refractivity contribution in [2.24, 2.45) is 0 Å². The summed E-state index contributed by atoms with van der Waals surface area (Å²) in [7, 11) is 1.65. The minimum Gasteiger partial charge on any atom is -0.497 e. The van der Waals surface area contributed by atoms with Crippen LogP contribution in [0, 0.1) is 0 Å². The van der Waals surface area contributed by atoms with Crippen LogP contribution in [0.15, 0.2) is 48.5 Å². The Morgan fingerprint density at radius 3 is 2.71 bits per heavy atom. The molecule has 3 N–H and O–H groups in total. The van der Waals surface area contributed by atoms with E-state index < -0.39 is 0 Å². The first kappa shape index (κ1) is 22.2. The summed E-state index contributed by atoms with van der Waals surface area (Å²) in [5, 5.41) is 8.81. The Kier molecular flexibility index (Phi) is 6.06. The van der Waals surface area contributed by atoms with Crippen LogP contribution in [0.25, 0.3) is 28.0 Å². The summed E-state index contributed by atoms with van der Waals surface area (Å²) < 4.78 is 12.9. The Balaban J connectivity index is 1.61. The molecule has 0 spiro atoms. The molecule has 0 amide bonds.